The summed E-state index contributed by atoms with van der Waals surface area (Å²) in [6.45, 7) is 2.65. The molecule has 0 unspecified atom stereocenters. The molecule has 2 heterocycles. The predicted molar refractivity (Wildman–Crippen MR) is 75.8 cm³/mol. The summed E-state index contributed by atoms with van der Waals surface area (Å²) in [4.78, 5) is 15.4. The zero-order valence-electron chi connectivity index (χ0n) is 10.9. The molecule has 1 aromatic carbocycles. The van der Waals surface area contributed by atoms with Gasteiger partial charge < -0.3 is 15.7 Å². The summed E-state index contributed by atoms with van der Waals surface area (Å²) in [5.41, 5.74) is 9.69. The van der Waals surface area contributed by atoms with Crippen molar-refractivity contribution in [3.8, 4) is 11.3 Å². The molecule has 3 aromatic rings. The number of aromatic nitrogens is 4. The van der Waals surface area contributed by atoms with Crippen molar-refractivity contribution in [1.82, 2.24) is 19.9 Å². The number of H-pyrrole nitrogens is 2. The van der Waals surface area contributed by atoms with Crippen molar-refractivity contribution in [3.05, 3.63) is 36.0 Å². The maximum absolute atomic E-state index is 5.51. The van der Waals surface area contributed by atoms with Crippen molar-refractivity contribution in [2.24, 2.45) is 5.73 Å². The Balaban J connectivity index is 1.92. The van der Waals surface area contributed by atoms with E-state index < -0.39 is 0 Å². The largest absolute Gasteiger partial charge is 0.342 e. The van der Waals surface area contributed by atoms with E-state index in [0.29, 0.717) is 6.54 Å². The van der Waals surface area contributed by atoms with E-state index in [1.165, 1.54) is 0 Å². The molecule has 0 aliphatic carbocycles. The molecule has 0 fully saturated rings. The smallest absolute Gasteiger partial charge is 0.106 e. The zero-order chi connectivity index (χ0) is 13.2. The van der Waals surface area contributed by atoms with Gasteiger partial charge in [-0.15, -0.1) is 0 Å². The summed E-state index contributed by atoms with van der Waals surface area (Å²) in [5, 5.41) is 0. The molecule has 2 aromatic heterocycles. The molecule has 19 heavy (non-hydrogen) atoms. The number of aromatic amines is 2. The van der Waals surface area contributed by atoms with Crippen LogP contribution >= 0.6 is 0 Å². The number of nitrogens with one attached hydrogen (secondary N) is 2. The standard InChI is InChI=1S/C14H17N5/c1-9-17-11-5-4-10(7-12(11)18-9)13-8-16-14(19-13)3-2-6-15/h4-5,7-8H,2-3,6,15H2,1H3,(H,16,19)(H,17,18). The molecule has 0 radical (unpaired) electrons. The number of nitrogens with zero attached hydrogens (tertiary/aromatic N) is 2. The molecule has 0 amide bonds. The second-order valence-corrected chi connectivity index (χ2v) is 4.69. The molecule has 4 N–H and O–H groups in total. The fourth-order valence-electron chi connectivity index (χ4n) is 2.21. The lowest BCUT2D eigenvalue weighted by Crippen LogP contribution is -2.01. The summed E-state index contributed by atoms with van der Waals surface area (Å²) in [6, 6.07) is 6.17. The van der Waals surface area contributed by atoms with Crippen molar-refractivity contribution < 1.29 is 0 Å². The molecule has 0 aliphatic heterocycles. The third kappa shape index (κ3) is 2.37. The van der Waals surface area contributed by atoms with Crippen LogP contribution < -0.4 is 5.73 Å². The first-order chi connectivity index (χ1) is 9.26. The lowest BCUT2D eigenvalue weighted by molar-refractivity contribution is 0.794. The lowest BCUT2D eigenvalue weighted by atomic mass is 10.1. The minimum absolute atomic E-state index is 0.690. The van der Waals surface area contributed by atoms with Crippen LogP contribution in [0.5, 0.6) is 0 Å². The average molecular weight is 255 g/mol. The van der Waals surface area contributed by atoms with E-state index in [9.17, 15) is 0 Å². The first kappa shape index (κ1) is 11.9. The minimum atomic E-state index is 0.690. The molecule has 0 atom stereocenters. The monoisotopic (exact) mass is 255 g/mol. The number of hydrogen-bond acceptors (Lipinski definition) is 3. The van der Waals surface area contributed by atoms with E-state index in [2.05, 4.69) is 32.1 Å². The average Bonchev–Trinajstić information content (AvgIpc) is 3.00. The minimum Gasteiger partial charge on any atom is -0.342 e. The Hall–Kier alpha value is -2.14. The SMILES string of the molecule is Cc1nc2ccc(-c3cnc(CCCN)[nH]3)cc2[nH]1. The van der Waals surface area contributed by atoms with Crippen LogP contribution in [0, 0.1) is 6.92 Å². The maximum Gasteiger partial charge on any atom is 0.106 e. The lowest BCUT2D eigenvalue weighted by Gasteiger charge is -1.98. The highest BCUT2D eigenvalue weighted by Gasteiger charge is 2.06. The van der Waals surface area contributed by atoms with Crippen LogP contribution in [-0.2, 0) is 6.42 Å². The van der Waals surface area contributed by atoms with Gasteiger partial charge in [-0.3, -0.25) is 0 Å². The number of rotatable bonds is 4. The van der Waals surface area contributed by atoms with E-state index in [-0.39, 0.29) is 0 Å². The summed E-state index contributed by atoms with van der Waals surface area (Å²) >= 11 is 0. The van der Waals surface area contributed by atoms with Crippen LogP contribution in [0.25, 0.3) is 22.3 Å². The highest BCUT2D eigenvalue weighted by atomic mass is 14.9. The third-order valence-corrected chi connectivity index (χ3v) is 3.16. The number of benzene rings is 1. The van der Waals surface area contributed by atoms with E-state index in [0.717, 1.165) is 46.8 Å². The van der Waals surface area contributed by atoms with E-state index in [1.807, 2.05) is 19.2 Å². The summed E-state index contributed by atoms with van der Waals surface area (Å²) in [7, 11) is 0. The second kappa shape index (κ2) is 4.85. The Morgan fingerprint density at radius 1 is 1.26 bits per heavy atom. The van der Waals surface area contributed by atoms with Crippen LogP contribution in [0.2, 0.25) is 0 Å². The molecule has 5 heteroatoms. The van der Waals surface area contributed by atoms with Gasteiger partial charge in [0, 0.05) is 12.0 Å². The number of nitrogens with two attached hydrogens (primary N) is 1. The van der Waals surface area contributed by atoms with Gasteiger partial charge in [0.1, 0.15) is 11.6 Å². The van der Waals surface area contributed by atoms with Crippen LogP contribution in [0.15, 0.2) is 24.4 Å². The molecule has 3 rings (SSSR count). The van der Waals surface area contributed by atoms with Gasteiger partial charge in [-0.05, 0) is 32.0 Å². The summed E-state index contributed by atoms with van der Waals surface area (Å²) < 4.78 is 0. The Bertz CT molecular complexity index is 695. The van der Waals surface area contributed by atoms with Crippen LogP contribution in [0.1, 0.15) is 18.1 Å². The molecule has 98 valence electrons. The van der Waals surface area contributed by atoms with Crippen LogP contribution in [0.4, 0.5) is 0 Å². The molecular weight excluding hydrogens is 238 g/mol. The highest BCUT2D eigenvalue weighted by Crippen LogP contribution is 2.22. The maximum atomic E-state index is 5.51. The molecule has 0 aliphatic rings. The molecule has 0 saturated carbocycles. The van der Waals surface area contributed by atoms with Gasteiger partial charge in [-0.25, -0.2) is 9.97 Å². The first-order valence-electron chi connectivity index (χ1n) is 6.47. The van der Waals surface area contributed by atoms with Crippen molar-refractivity contribution in [2.45, 2.75) is 19.8 Å². The molecule has 0 spiro atoms. The fourth-order valence-corrected chi connectivity index (χ4v) is 2.21. The van der Waals surface area contributed by atoms with Gasteiger partial charge in [-0.2, -0.15) is 0 Å². The van der Waals surface area contributed by atoms with Gasteiger partial charge in [0.25, 0.3) is 0 Å². The quantitative estimate of drug-likeness (QED) is 0.668. The second-order valence-electron chi connectivity index (χ2n) is 4.69. The van der Waals surface area contributed by atoms with Crippen molar-refractivity contribution >= 4 is 11.0 Å². The molecule has 0 saturated heterocycles. The number of hydrogen-bond donors (Lipinski definition) is 3. The van der Waals surface area contributed by atoms with E-state index in [1.54, 1.807) is 0 Å². The normalized spacial score (nSPS) is 11.3. The van der Waals surface area contributed by atoms with E-state index in [4.69, 9.17) is 5.73 Å². The van der Waals surface area contributed by atoms with Crippen LogP contribution in [-0.4, -0.2) is 26.5 Å². The molecule has 0 bridgehead atoms. The number of aryl methyl sites for hydroxylation is 2. The highest BCUT2D eigenvalue weighted by molar-refractivity contribution is 5.81. The fraction of sp³-hybridized carbons (Fsp3) is 0.286. The van der Waals surface area contributed by atoms with Gasteiger partial charge in [-0.1, -0.05) is 6.07 Å². The summed E-state index contributed by atoms with van der Waals surface area (Å²) in [6.07, 6.45) is 3.71. The Morgan fingerprint density at radius 3 is 3.00 bits per heavy atom. The van der Waals surface area contributed by atoms with Gasteiger partial charge >= 0.3 is 0 Å². The van der Waals surface area contributed by atoms with Gasteiger partial charge in [0.15, 0.2) is 0 Å². The van der Waals surface area contributed by atoms with Gasteiger partial charge in [0.2, 0.25) is 0 Å². The summed E-state index contributed by atoms with van der Waals surface area (Å²) in [5.74, 6) is 1.92. The van der Waals surface area contributed by atoms with Crippen molar-refractivity contribution in [3.63, 3.8) is 0 Å². The molecule has 5 nitrogen and oxygen atoms in total. The Kier molecular flexibility index (Phi) is 3.05. The zero-order valence-corrected chi connectivity index (χ0v) is 10.9. The molecular formula is C14H17N5. The predicted octanol–water partition coefficient (Wildman–Crippen LogP) is 2.15. The third-order valence-electron chi connectivity index (χ3n) is 3.16. The Morgan fingerprint density at radius 2 is 2.16 bits per heavy atom. The topological polar surface area (TPSA) is 83.4 Å². The first-order valence-corrected chi connectivity index (χ1v) is 6.47. The van der Waals surface area contributed by atoms with Crippen LogP contribution in [0.3, 0.4) is 0 Å². The Labute approximate surface area is 111 Å². The van der Waals surface area contributed by atoms with E-state index >= 15 is 0 Å². The number of fused-ring (bicyclic) bond motifs is 1. The number of imidazole rings is 2. The van der Waals surface area contributed by atoms with Gasteiger partial charge in [0.05, 0.1) is 22.9 Å². The van der Waals surface area contributed by atoms with Crippen molar-refractivity contribution in [2.75, 3.05) is 6.54 Å². The van der Waals surface area contributed by atoms with Crippen molar-refractivity contribution in [1.29, 1.82) is 0 Å².